The van der Waals surface area contributed by atoms with Crippen molar-refractivity contribution in [2.75, 3.05) is 5.32 Å². The van der Waals surface area contributed by atoms with E-state index >= 15 is 0 Å². The summed E-state index contributed by atoms with van der Waals surface area (Å²) in [6, 6.07) is 7.66. The molecule has 3 N–H and O–H groups in total. The average molecular weight is 590 g/mol. The first-order valence-electron chi connectivity index (χ1n) is 12.2. The van der Waals surface area contributed by atoms with Gasteiger partial charge in [-0.1, -0.05) is 29.7 Å². The van der Waals surface area contributed by atoms with Gasteiger partial charge in [0, 0.05) is 16.3 Å². The lowest BCUT2D eigenvalue weighted by Gasteiger charge is -2.17. The molecule has 0 radical (unpaired) electrons. The van der Waals surface area contributed by atoms with Gasteiger partial charge in [-0.3, -0.25) is 9.59 Å². The molecule has 4 aromatic rings. The fourth-order valence-corrected chi connectivity index (χ4v) is 4.46. The van der Waals surface area contributed by atoms with Crippen molar-refractivity contribution in [2.24, 2.45) is 11.7 Å². The number of rotatable bonds is 8. The lowest BCUT2D eigenvalue weighted by Crippen LogP contribution is -2.38. The first-order chi connectivity index (χ1) is 19.4. The van der Waals surface area contributed by atoms with E-state index in [4.69, 9.17) is 17.3 Å². The second-order valence-electron chi connectivity index (χ2n) is 9.51. The van der Waals surface area contributed by atoms with E-state index in [0.717, 1.165) is 35.9 Å². The van der Waals surface area contributed by atoms with Crippen molar-refractivity contribution in [2.45, 2.75) is 31.4 Å². The number of nitrogens with zero attached hydrogens (tertiary/aromatic N) is 5. The van der Waals surface area contributed by atoms with E-state index in [0.29, 0.717) is 17.3 Å². The van der Waals surface area contributed by atoms with E-state index in [1.807, 2.05) is 0 Å². The summed E-state index contributed by atoms with van der Waals surface area (Å²) in [4.78, 5) is 28.9. The van der Waals surface area contributed by atoms with Crippen molar-refractivity contribution in [3.05, 3.63) is 88.0 Å². The number of aromatic nitrogens is 5. The summed E-state index contributed by atoms with van der Waals surface area (Å²) < 4.78 is 54.8. The number of anilines is 1. The number of amides is 2. The molecule has 5 rings (SSSR count). The van der Waals surface area contributed by atoms with Crippen molar-refractivity contribution in [1.82, 2.24) is 20.0 Å². The van der Waals surface area contributed by atoms with Gasteiger partial charge in [0.15, 0.2) is 5.69 Å². The summed E-state index contributed by atoms with van der Waals surface area (Å²) in [7, 11) is 0. The molecule has 0 bridgehead atoms. The molecule has 2 aromatic heterocycles. The molecule has 1 atom stereocenters. The molecule has 1 saturated carbocycles. The van der Waals surface area contributed by atoms with Crippen molar-refractivity contribution >= 4 is 29.1 Å². The van der Waals surface area contributed by atoms with Crippen LogP contribution in [0.3, 0.4) is 0 Å². The lowest BCUT2D eigenvalue weighted by atomic mass is 9.97. The van der Waals surface area contributed by atoms with Gasteiger partial charge in [0.1, 0.15) is 17.4 Å². The highest BCUT2D eigenvalue weighted by Crippen LogP contribution is 2.39. The van der Waals surface area contributed by atoms with Crippen LogP contribution < -0.4 is 15.8 Å². The van der Waals surface area contributed by atoms with Crippen LogP contribution in [0.15, 0.2) is 55.0 Å². The minimum absolute atomic E-state index is 0.0102. The number of carbonyl (C=O) groups excluding carboxylic acids is 2. The van der Waals surface area contributed by atoms with E-state index in [1.54, 1.807) is 0 Å². The molecule has 0 aliphatic heterocycles. The molecule has 0 spiro atoms. The van der Waals surface area contributed by atoms with Crippen LogP contribution in [0, 0.1) is 16.9 Å². The van der Waals surface area contributed by atoms with Crippen LogP contribution in [0.1, 0.15) is 46.9 Å². The molecule has 2 aromatic carbocycles. The zero-order chi connectivity index (χ0) is 29.5. The fraction of sp³-hybridized carbons (Fsp3) is 0.231. The molecule has 15 heteroatoms. The Morgan fingerprint density at radius 3 is 2.59 bits per heavy atom. The summed E-state index contributed by atoms with van der Waals surface area (Å²) in [5.41, 5.74) is 4.03. The molecule has 1 fully saturated rings. The quantitative estimate of drug-likeness (QED) is 0.177. The molecular formula is C26H20ClF4N7O3. The van der Waals surface area contributed by atoms with Crippen molar-refractivity contribution < 1.29 is 31.9 Å². The molecule has 1 aliphatic carbocycles. The van der Waals surface area contributed by atoms with Crippen LogP contribution >= 0.6 is 11.6 Å². The van der Waals surface area contributed by atoms with E-state index in [9.17, 15) is 32.4 Å². The number of hydrogen-bond donors (Lipinski definition) is 2. The standard InChI is InChI=1S/C26H20ClF4N7O3/c27-14-3-6-21(37-12-23(35-36-37)26(29,30)31)17(8-14)20-11-38(41)22(10-33-20)18(7-13-1-2-13)25(40)34-15-4-5-16(24(32)39)19(28)9-15/h3-6,8-13,18H,1-2,7H2,(H2,32,39)(H,34,40). The summed E-state index contributed by atoms with van der Waals surface area (Å²) in [5.74, 6) is -3.21. The minimum Gasteiger partial charge on any atom is -0.618 e. The van der Waals surface area contributed by atoms with Gasteiger partial charge < -0.3 is 16.3 Å². The van der Waals surface area contributed by atoms with E-state index in [1.165, 1.54) is 30.5 Å². The third-order valence-electron chi connectivity index (χ3n) is 6.54. The van der Waals surface area contributed by atoms with Crippen LogP contribution in [0.2, 0.25) is 5.02 Å². The maximum absolute atomic E-state index is 14.2. The monoisotopic (exact) mass is 589 g/mol. The predicted octanol–water partition coefficient (Wildman–Crippen LogP) is 4.40. The van der Waals surface area contributed by atoms with E-state index in [-0.39, 0.29) is 44.8 Å². The molecule has 41 heavy (non-hydrogen) atoms. The number of nitrogens with two attached hydrogens (primary N) is 1. The van der Waals surface area contributed by atoms with Gasteiger partial charge in [0.25, 0.3) is 5.91 Å². The largest absolute Gasteiger partial charge is 0.618 e. The Morgan fingerprint density at radius 2 is 1.98 bits per heavy atom. The smallest absolute Gasteiger partial charge is 0.436 e. The number of benzene rings is 2. The van der Waals surface area contributed by atoms with E-state index < -0.39 is 35.4 Å². The predicted molar refractivity (Wildman–Crippen MR) is 137 cm³/mol. The van der Waals surface area contributed by atoms with Gasteiger partial charge in [-0.15, -0.1) is 5.10 Å². The highest BCUT2D eigenvalue weighted by molar-refractivity contribution is 6.31. The summed E-state index contributed by atoms with van der Waals surface area (Å²) in [6.07, 6.45) is 0.355. The Labute approximate surface area is 234 Å². The Morgan fingerprint density at radius 1 is 1.22 bits per heavy atom. The van der Waals surface area contributed by atoms with Crippen LogP contribution in [0.4, 0.5) is 23.2 Å². The average Bonchev–Trinajstić information content (AvgIpc) is 3.58. The molecule has 212 valence electrons. The highest BCUT2D eigenvalue weighted by Gasteiger charge is 2.36. The number of hydrogen-bond acceptors (Lipinski definition) is 6. The molecule has 10 nitrogen and oxygen atoms in total. The Hall–Kier alpha value is -4.59. The zero-order valence-corrected chi connectivity index (χ0v) is 21.7. The summed E-state index contributed by atoms with van der Waals surface area (Å²) in [5, 5.41) is 22.7. The minimum atomic E-state index is -4.71. The van der Waals surface area contributed by atoms with Gasteiger partial charge >= 0.3 is 6.18 Å². The lowest BCUT2D eigenvalue weighted by molar-refractivity contribution is -0.614. The van der Waals surface area contributed by atoms with Crippen LogP contribution in [-0.4, -0.2) is 31.8 Å². The number of carbonyl (C=O) groups is 2. The molecular weight excluding hydrogens is 570 g/mol. The third kappa shape index (κ3) is 6.11. The van der Waals surface area contributed by atoms with Gasteiger partial charge in [0.05, 0.1) is 23.6 Å². The Bertz CT molecular complexity index is 1660. The summed E-state index contributed by atoms with van der Waals surface area (Å²) >= 11 is 6.13. The van der Waals surface area contributed by atoms with Gasteiger partial charge in [0.2, 0.25) is 17.8 Å². The van der Waals surface area contributed by atoms with Crippen LogP contribution in [-0.2, 0) is 11.0 Å². The highest BCUT2D eigenvalue weighted by atomic mass is 35.5. The SMILES string of the molecule is NC(=O)c1ccc(NC(=O)C(CC2CC2)c2cnc(-c3cc(Cl)ccc3-n3cc(C(F)(F)F)nn3)c[n+]2[O-])cc1F. The number of alkyl halides is 3. The molecule has 2 amide bonds. The number of nitrogens with one attached hydrogen (secondary N) is 1. The van der Waals surface area contributed by atoms with Gasteiger partial charge in [-0.2, -0.15) is 17.9 Å². The Balaban J connectivity index is 1.46. The molecule has 2 heterocycles. The van der Waals surface area contributed by atoms with Gasteiger partial charge in [-0.05, 0) is 48.7 Å². The van der Waals surface area contributed by atoms with Gasteiger partial charge in [-0.25, -0.2) is 14.1 Å². The maximum Gasteiger partial charge on any atom is 0.436 e. The maximum atomic E-state index is 14.2. The zero-order valence-electron chi connectivity index (χ0n) is 20.9. The second-order valence-corrected chi connectivity index (χ2v) is 9.95. The first kappa shape index (κ1) is 28.0. The second kappa shape index (κ2) is 10.8. The number of primary amides is 1. The van der Waals surface area contributed by atoms with Crippen LogP contribution in [0.5, 0.6) is 0 Å². The third-order valence-corrected chi connectivity index (χ3v) is 6.77. The molecule has 1 unspecified atom stereocenters. The van der Waals surface area contributed by atoms with Crippen molar-refractivity contribution in [3.8, 4) is 16.9 Å². The van der Waals surface area contributed by atoms with Crippen molar-refractivity contribution in [3.63, 3.8) is 0 Å². The first-order valence-corrected chi connectivity index (χ1v) is 12.6. The normalized spacial score (nSPS) is 14.1. The molecule has 0 saturated heterocycles. The summed E-state index contributed by atoms with van der Waals surface area (Å²) in [6.45, 7) is 0. The number of halogens is 5. The fourth-order valence-electron chi connectivity index (χ4n) is 4.29. The topological polar surface area (TPSA) is 143 Å². The van der Waals surface area contributed by atoms with Crippen LogP contribution in [0.25, 0.3) is 16.9 Å². The van der Waals surface area contributed by atoms with Crippen molar-refractivity contribution in [1.29, 1.82) is 0 Å². The Kier molecular flexibility index (Phi) is 7.34. The van der Waals surface area contributed by atoms with E-state index in [2.05, 4.69) is 20.6 Å². The molecule has 1 aliphatic rings.